The van der Waals surface area contributed by atoms with Gasteiger partial charge in [-0.1, -0.05) is 36.4 Å². The van der Waals surface area contributed by atoms with Gasteiger partial charge in [0.05, 0.1) is 28.6 Å². The first kappa shape index (κ1) is 25.7. The number of nitrogens with one attached hydrogen (secondary N) is 4. The van der Waals surface area contributed by atoms with Crippen molar-refractivity contribution < 1.29 is 23.1 Å². The number of hydrogen-bond donors (Lipinski definition) is 5. The molecule has 0 unspecified atom stereocenters. The van der Waals surface area contributed by atoms with Crippen molar-refractivity contribution in [2.45, 2.75) is 12.3 Å². The Hall–Kier alpha value is -4.90. The average molecular weight is 534 g/mol. The van der Waals surface area contributed by atoms with E-state index < -0.39 is 29.3 Å². The molecule has 5 rings (SSSR count). The first-order valence-corrected chi connectivity index (χ1v) is 11.9. The van der Waals surface area contributed by atoms with Crippen LogP contribution in [0.25, 0.3) is 22.4 Å². The van der Waals surface area contributed by atoms with E-state index in [4.69, 9.17) is 0 Å². The second kappa shape index (κ2) is 10.5. The van der Waals surface area contributed by atoms with Gasteiger partial charge in [0.15, 0.2) is 0 Å². The number of aliphatic hydroxyl groups is 1. The van der Waals surface area contributed by atoms with E-state index in [9.17, 15) is 27.9 Å². The third-order valence-corrected chi connectivity index (χ3v) is 6.10. The minimum Gasteiger partial charge on any atom is -0.387 e. The van der Waals surface area contributed by atoms with E-state index in [0.717, 1.165) is 24.3 Å². The van der Waals surface area contributed by atoms with Gasteiger partial charge in [0.25, 0.3) is 11.5 Å². The summed E-state index contributed by atoms with van der Waals surface area (Å²) in [6.45, 7) is 0.134. The van der Waals surface area contributed by atoms with Gasteiger partial charge in [-0.3, -0.25) is 9.59 Å². The third kappa shape index (κ3) is 5.53. The molecule has 1 atom stereocenters. The normalized spacial score (nSPS) is 12.3. The monoisotopic (exact) mass is 533 g/mol. The number of imidazole rings is 1. The molecule has 0 aliphatic carbocycles. The lowest BCUT2D eigenvalue weighted by atomic mass is 10.1. The summed E-state index contributed by atoms with van der Waals surface area (Å²) in [5.74, 6) is -0.393. The number of pyridine rings is 1. The number of halogens is 3. The Morgan fingerprint density at radius 3 is 2.41 bits per heavy atom. The van der Waals surface area contributed by atoms with Crippen LogP contribution in [-0.4, -0.2) is 32.5 Å². The van der Waals surface area contributed by atoms with Gasteiger partial charge in [-0.05, 0) is 48.0 Å². The van der Waals surface area contributed by atoms with Crippen molar-refractivity contribution in [3.05, 3.63) is 112 Å². The smallest absolute Gasteiger partial charge is 0.387 e. The molecule has 8 nitrogen and oxygen atoms in total. The van der Waals surface area contributed by atoms with Crippen molar-refractivity contribution in [2.24, 2.45) is 0 Å². The van der Waals surface area contributed by atoms with Crippen LogP contribution in [0.5, 0.6) is 0 Å². The van der Waals surface area contributed by atoms with Gasteiger partial charge in [-0.25, -0.2) is 4.98 Å². The van der Waals surface area contributed by atoms with E-state index in [1.54, 1.807) is 36.4 Å². The van der Waals surface area contributed by atoms with Gasteiger partial charge in [-0.2, -0.15) is 13.2 Å². The second-order valence-corrected chi connectivity index (χ2v) is 8.72. The van der Waals surface area contributed by atoms with E-state index in [1.807, 2.05) is 18.2 Å². The van der Waals surface area contributed by atoms with E-state index >= 15 is 0 Å². The molecule has 0 aliphatic heterocycles. The number of benzene rings is 3. The van der Waals surface area contributed by atoms with Crippen LogP contribution in [0, 0.1) is 0 Å². The van der Waals surface area contributed by atoms with Crippen LogP contribution in [0.1, 0.15) is 27.6 Å². The van der Waals surface area contributed by atoms with Gasteiger partial charge >= 0.3 is 6.18 Å². The van der Waals surface area contributed by atoms with Crippen LogP contribution in [0.4, 0.5) is 24.5 Å². The molecule has 11 heteroatoms. The predicted molar refractivity (Wildman–Crippen MR) is 141 cm³/mol. The highest BCUT2D eigenvalue weighted by molar-refractivity contribution is 6.08. The molecule has 39 heavy (non-hydrogen) atoms. The van der Waals surface area contributed by atoms with Gasteiger partial charge in [0.2, 0.25) is 0 Å². The largest absolute Gasteiger partial charge is 0.416 e. The molecular formula is C28H22F3N5O3. The summed E-state index contributed by atoms with van der Waals surface area (Å²) in [6, 6.07) is 19.6. The maximum atomic E-state index is 12.9. The number of aromatic nitrogens is 3. The number of H-pyrrole nitrogens is 2. The number of para-hydroxylation sites is 1. The van der Waals surface area contributed by atoms with Crippen LogP contribution >= 0.6 is 0 Å². The van der Waals surface area contributed by atoms with E-state index in [1.165, 1.54) is 6.20 Å². The average Bonchev–Trinajstić information content (AvgIpc) is 3.36. The summed E-state index contributed by atoms with van der Waals surface area (Å²) in [6.07, 6.45) is -3.85. The lowest BCUT2D eigenvalue weighted by Crippen LogP contribution is -2.17. The van der Waals surface area contributed by atoms with Gasteiger partial charge in [-0.15, -0.1) is 0 Å². The number of anilines is 2. The lowest BCUT2D eigenvalue weighted by Gasteiger charge is -2.14. The Bertz CT molecular complexity index is 1680. The quantitative estimate of drug-likeness (QED) is 0.193. The molecule has 5 N–H and O–H groups in total. The fourth-order valence-corrected chi connectivity index (χ4v) is 4.12. The van der Waals surface area contributed by atoms with Crippen molar-refractivity contribution in [1.29, 1.82) is 0 Å². The number of nitrogens with zero attached hydrogens (tertiary/aromatic N) is 1. The SMILES string of the molecule is O=C(Nc1cccc2[nH]c(-c3c(NC[C@@H](O)c4ccccc4)cc[nH]c3=O)nc12)c1ccc(C(F)(F)F)cc1. The summed E-state index contributed by atoms with van der Waals surface area (Å²) < 4.78 is 38.6. The number of carbonyl (C=O) groups is 1. The highest BCUT2D eigenvalue weighted by Gasteiger charge is 2.30. The van der Waals surface area contributed by atoms with Crippen LogP contribution in [0.15, 0.2) is 89.9 Å². The molecule has 0 bridgehead atoms. The predicted octanol–water partition coefficient (Wildman–Crippen LogP) is 5.33. The molecule has 0 saturated heterocycles. The zero-order valence-electron chi connectivity index (χ0n) is 20.2. The third-order valence-electron chi connectivity index (χ3n) is 6.10. The Kier molecular flexibility index (Phi) is 6.90. The first-order chi connectivity index (χ1) is 18.7. The maximum Gasteiger partial charge on any atom is 0.416 e. The standard InChI is InChI=1S/C28H22F3N5O3/c29-28(30,31)18-11-9-17(10-12-18)26(38)35-21-8-4-7-20-24(21)36-25(34-20)23-19(13-14-32-27(23)39)33-15-22(37)16-5-2-1-3-6-16/h1-14,22,37H,15H2,(H,34,36)(H,35,38)(H2,32,33,39)/t22-/m1/s1. The van der Waals surface area contributed by atoms with Gasteiger partial charge < -0.3 is 25.7 Å². The molecule has 0 saturated carbocycles. The number of fused-ring (bicyclic) bond motifs is 1. The molecule has 2 aromatic heterocycles. The first-order valence-electron chi connectivity index (χ1n) is 11.9. The maximum absolute atomic E-state index is 12.9. The van der Waals surface area contributed by atoms with Crippen LogP contribution in [0.2, 0.25) is 0 Å². The fraction of sp³-hybridized carbons (Fsp3) is 0.107. The van der Waals surface area contributed by atoms with Crippen molar-refractivity contribution in [3.63, 3.8) is 0 Å². The lowest BCUT2D eigenvalue weighted by molar-refractivity contribution is -0.137. The Balaban J connectivity index is 1.41. The minimum absolute atomic E-state index is 0.0405. The number of hydrogen-bond acceptors (Lipinski definition) is 5. The Morgan fingerprint density at radius 1 is 0.949 bits per heavy atom. The number of aromatic amines is 2. The molecule has 0 fully saturated rings. The molecule has 1 amide bonds. The number of amides is 1. The number of rotatable bonds is 7. The fourth-order valence-electron chi connectivity index (χ4n) is 4.12. The topological polar surface area (TPSA) is 123 Å². The molecule has 3 aromatic carbocycles. The summed E-state index contributed by atoms with van der Waals surface area (Å²) in [7, 11) is 0. The molecule has 198 valence electrons. The van der Waals surface area contributed by atoms with E-state index in [2.05, 4.69) is 25.6 Å². The summed E-state index contributed by atoms with van der Waals surface area (Å²) in [5, 5.41) is 16.3. The highest BCUT2D eigenvalue weighted by Crippen LogP contribution is 2.30. The van der Waals surface area contributed by atoms with Crippen molar-refractivity contribution in [1.82, 2.24) is 15.0 Å². The molecular weight excluding hydrogens is 511 g/mol. The number of alkyl halides is 3. The molecule has 0 aliphatic rings. The molecule has 0 spiro atoms. The molecule has 0 radical (unpaired) electrons. The van der Waals surface area contributed by atoms with Crippen LogP contribution < -0.4 is 16.2 Å². The van der Waals surface area contributed by atoms with Crippen molar-refractivity contribution in [2.75, 3.05) is 17.2 Å². The van der Waals surface area contributed by atoms with E-state index in [0.29, 0.717) is 28.0 Å². The van der Waals surface area contributed by atoms with Crippen LogP contribution in [-0.2, 0) is 6.18 Å². The van der Waals surface area contributed by atoms with Gasteiger partial charge in [0.1, 0.15) is 16.9 Å². The Morgan fingerprint density at radius 2 is 1.69 bits per heavy atom. The number of carbonyl (C=O) groups excluding carboxylic acids is 1. The Labute approximate surface area is 219 Å². The second-order valence-electron chi connectivity index (χ2n) is 8.72. The molecule has 2 heterocycles. The van der Waals surface area contributed by atoms with Crippen molar-refractivity contribution >= 4 is 28.3 Å². The van der Waals surface area contributed by atoms with Gasteiger partial charge in [0, 0.05) is 18.3 Å². The zero-order chi connectivity index (χ0) is 27.6. The zero-order valence-corrected chi connectivity index (χ0v) is 20.2. The van der Waals surface area contributed by atoms with Crippen molar-refractivity contribution in [3.8, 4) is 11.4 Å². The van der Waals surface area contributed by atoms with Crippen LogP contribution in [0.3, 0.4) is 0 Å². The number of aliphatic hydroxyl groups excluding tert-OH is 1. The van der Waals surface area contributed by atoms with E-state index in [-0.39, 0.29) is 23.5 Å². The summed E-state index contributed by atoms with van der Waals surface area (Å²) in [4.78, 5) is 35.8. The minimum atomic E-state index is -4.51. The summed E-state index contributed by atoms with van der Waals surface area (Å²) in [5.41, 5.74) is 1.29. The summed E-state index contributed by atoms with van der Waals surface area (Å²) >= 11 is 0. The highest BCUT2D eigenvalue weighted by atomic mass is 19.4. The molecule has 5 aromatic rings.